The fourth-order valence-corrected chi connectivity index (χ4v) is 5.98. The highest BCUT2D eigenvalue weighted by Gasteiger charge is 2.84. The average Bonchev–Trinajstić information content (AvgIpc) is 2.54. The normalized spacial score (nSPS) is 70.9. The highest BCUT2D eigenvalue weighted by molar-refractivity contribution is 5.43. The molecule has 2 spiro atoms. The van der Waals surface area contributed by atoms with Crippen LogP contribution < -0.4 is 0 Å². The standard InChI is InChI=1S/C13H16O/c1-2-11-12-5-3-9-10(13(9,12)4-1)6-8(12)7-14-11/h3,5,8-11H,1-2,4,6-7H2. The molecule has 5 aliphatic rings. The van der Waals surface area contributed by atoms with Crippen molar-refractivity contribution < 1.29 is 4.74 Å². The second-order valence-corrected chi connectivity index (χ2v) is 6.11. The van der Waals surface area contributed by atoms with Gasteiger partial charge in [-0.2, -0.15) is 0 Å². The summed E-state index contributed by atoms with van der Waals surface area (Å²) in [7, 11) is 0. The molecule has 4 fully saturated rings. The summed E-state index contributed by atoms with van der Waals surface area (Å²) in [6.45, 7) is 1.07. The van der Waals surface area contributed by atoms with E-state index in [4.69, 9.17) is 4.74 Å². The molecule has 1 heteroatoms. The Morgan fingerprint density at radius 1 is 1.36 bits per heavy atom. The van der Waals surface area contributed by atoms with Crippen LogP contribution in [0, 0.1) is 28.6 Å². The zero-order valence-corrected chi connectivity index (χ0v) is 8.41. The quantitative estimate of drug-likeness (QED) is 0.530. The Kier molecular flexibility index (Phi) is 0.872. The molecule has 0 bridgehead atoms. The van der Waals surface area contributed by atoms with Gasteiger partial charge in [0, 0.05) is 5.41 Å². The largest absolute Gasteiger partial charge is 0.377 e. The second kappa shape index (κ2) is 1.73. The fourth-order valence-electron chi connectivity index (χ4n) is 5.98. The lowest BCUT2D eigenvalue weighted by atomic mass is 9.61. The van der Waals surface area contributed by atoms with Gasteiger partial charge in [-0.05, 0) is 42.4 Å². The number of ether oxygens (including phenoxy) is 1. The van der Waals surface area contributed by atoms with E-state index in [1.165, 1.54) is 25.7 Å². The molecule has 5 rings (SSSR count). The van der Waals surface area contributed by atoms with E-state index in [2.05, 4.69) is 12.2 Å². The van der Waals surface area contributed by atoms with Gasteiger partial charge in [-0.3, -0.25) is 0 Å². The molecule has 6 unspecified atom stereocenters. The molecule has 1 heterocycles. The lowest BCUT2D eigenvalue weighted by Gasteiger charge is -2.42. The van der Waals surface area contributed by atoms with E-state index in [9.17, 15) is 0 Å². The molecule has 74 valence electrons. The minimum absolute atomic E-state index is 0.542. The van der Waals surface area contributed by atoms with Gasteiger partial charge >= 0.3 is 0 Å². The van der Waals surface area contributed by atoms with E-state index in [0.717, 1.165) is 29.8 Å². The smallest absolute Gasteiger partial charge is 0.0675 e. The summed E-state index contributed by atoms with van der Waals surface area (Å²) < 4.78 is 6.05. The van der Waals surface area contributed by atoms with Crippen LogP contribution in [-0.4, -0.2) is 12.7 Å². The van der Waals surface area contributed by atoms with E-state index >= 15 is 0 Å². The molecular weight excluding hydrogens is 172 g/mol. The molecule has 0 amide bonds. The lowest BCUT2D eigenvalue weighted by Crippen LogP contribution is -2.42. The van der Waals surface area contributed by atoms with E-state index < -0.39 is 0 Å². The van der Waals surface area contributed by atoms with Crippen LogP contribution in [0.4, 0.5) is 0 Å². The maximum Gasteiger partial charge on any atom is 0.0675 e. The van der Waals surface area contributed by atoms with Crippen LogP contribution in [0.25, 0.3) is 0 Å². The van der Waals surface area contributed by atoms with E-state index in [-0.39, 0.29) is 0 Å². The number of hydrogen-bond acceptors (Lipinski definition) is 1. The minimum Gasteiger partial charge on any atom is -0.377 e. The van der Waals surface area contributed by atoms with Crippen LogP contribution in [0.15, 0.2) is 12.2 Å². The fraction of sp³-hybridized carbons (Fsp3) is 0.846. The SMILES string of the molecule is C1=CC23C4COC2CCCC32C1C2C4. The molecule has 6 atom stereocenters. The predicted octanol–water partition coefficient (Wildman–Crippen LogP) is 2.38. The van der Waals surface area contributed by atoms with Gasteiger partial charge < -0.3 is 4.74 Å². The minimum atomic E-state index is 0.542. The Labute approximate surface area is 84.5 Å². The first kappa shape index (κ1) is 7.05. The molecule has 1 saturated heterocycles. The zero-order chi connectivity index (χ0) is 8.97. The summed E-state index contributed by atoms with van der Waals surface area (Å²) in [6, 6.07) is 0. The molecule has 0 N–H and O–H groups in total. The summed E-state index contributed by atoms with van der Waals surface area (Å²) >= 11 is 0. The van der Waals surface area contributed by atoms with Gasteiger partial charge in [0.25, 0.3) is 0 Å². The topological polar surface area (TPSA) is 9.23 Å². The summed E-state index contributed by atoms with van der Waals surface area (Å²) in [5, 5.41) is 0. The lowest BCUT2D eigenvalue weighted by molar-refractivity contribution is -0.00259. The van der Waals surface area contributed by atoms with Crippen LogP contribution >= 0.6 is 0 Å². The van der Waals surface area contributed by atoms with Crippen LogP contribution in [0.2, 0.25) is 0 Å². The van der Waals surface area contributed by atoms with Crippen LogP contribution in [0.3, 0.4) is 0 Å². The van der Waals surface area contributed by atoms with Crippen molar-refractivity contribution in [2.45, 2.75) is 31.8 Å². The van der Waals surface area contributed by atoms with Crippen molar-refractivity contribution in [3.8, 4) is 0 Å². The van der Waals surface area contributed by atoms with Gasteiger partial charge in [0.2, 0.25) is 0 Å². The van der Waals surface area contributed by atoms with Crippen molar-refractivity contribution >= 4 is 0 Å². The van der Waals surface area contributed by atoms with Crippen LogP contribution in [-0.2, 0) is 4.74 Å². The van der Waals surface area contributed by atoms with Gasteiger partial charge in [-0.1, -0.05) is 18.6 Å². The molecular formula is C13H16O. The molecule has 3 saturated carbocycles. The maximum atomic E-state index is 6.05. The van der Waals surface area contributed by atoms with Crippen molar-refractivity contribution in [3.05, 3.63) is 12.2 Å². The first-order valence-corrected chi connectivity index (χ1v) is 6.20. The molecule has 4 aliphatic carbocycles. The Bertz CT molecular complexity index is 358. The van der Waals surface area contributed by atoms with Gasteiger partial charge in [-0.15, -0.1) is 0 Å². The van der Waals surface area contributed by atoms with Gasteiger partial charge in [0.15, 0.2) is 0 Å². The number of rotatable bonds is 0. The first-order valence-electron chi connectivity index (χ1n) is 6.20. The Morgan fingerprint density at radius 2 is 2.36 bits per heavy atom. The van der Waals surface area contributed by atoms with E-state index in [1.54, 1.807) is 0 Å². The monoisotopic (exact) mass is 188 g/mol. The summed E-state index contributed by atoms with van der Waals surface area (Å²) in [5.41, 5.74) is 1.28. The van der Waals surface area contributed by atoms with Crippen molar-refractivity contribution in [3.63, 3.8) is 0 Å². The molecule has 1 nitrogen and oxygen atoms in total. The van der Waals surface area contributed by atoms with Gasteiger partial charge in [0.1, 0.15) is 0 Å². The third-order valence-corrected chi connectivity index (χ3v) is 6.27. The molecule has 0 aromatic rings. The van der Waals surface area contributed by atoms with Crippen molar-refractivity contribution in [2.24, 2.45) is 28.6 Å². The maximum absolute atomic E-state index is 6.05. The Hall–Kier alpha value is -0.300. The molecule has 14 heavy (non-hydrogen) atoms. The Balaban J connectivity index is 1.82. The average molecular weight is 188 g/mol. The first-order chi connectivity index (χ1) is 6.89. The molecule has 0 aromatic heterocycles. The Morgan fingerprint density at radius 3 is 3.36 bits per heavy atom. The molecule has 1 aliphatic heterocycles. The summed E-state index contributed by atoms with van der Waals surface area (Å²) in [5.74, 6) is 2.94. The predicted molar refractivity (Wildman–Crippen MR) is 52.7 cm³/mol. The van der Waals surface area contributed by atoms with Gasteiger partial charge in [-0.25, -0.2) is 0 Å². The summed E-state index contributed by atoms with van der Waals surface area (Å²) in [4.78, 5) is 0. The third kappa shape index (κ3) is 0.417. The summed E-state index contributed by atoms with van der Waals surface area (Å²) in [6.07, 6.45) is 11.5. The van der Waals surface area contributed by atoms with Crippen LogP contribution in [0.1, 0.15) is 25.7 Å². The second-order valence-electron chi connectivity index (χ2n) is 6.11. The zero-order valence-electron chi connectivity index (χ0n) is 8.41. The molecule has 0 radical (unpaired) electrons. The number of allylic oxidation sites excluding steroid dienone is 1. The molecule has 0 aromatic carbocycles. The third-order valence-electron chi connectivity index (χ3n) is 6.27. The highest BCUT2D eigenvalue weighted by atomic mass is 16.5. The van der Waals surface area contributed by atoms with E-state index in [0.29, 0.717) is 11.5 Å². The van der Waals surface area contributed by atoms with Crippen molar-refractivity contribution in [1.29, 1.82) is 0 Å². The van der Waals surface area contributed by atoms with Crippen molar-refractivity contribution in [2.75, 3.05) is 6.61 Å². The van der Waals surface area contributed by atoms with E-state index in [1.807, 2.05) is 0 Å². The van der Waals surface area contributed by atoms with Gasteiger partial charge in [0.05, 0.1) is 12.7 Å². The highest BCUT2D eigenvalue weighted by Crippen LogP contribution is 2.87. The van der Waals surface area contributed by atoms with Crippen LogP contribution in [0.5, 0.6) is 0 Å². The van der Waals surface area contributed by atoms with Crippen molar-refractivity contribution in [1.82, 2.24) is 0 Å². The number of fused-ring (bicyclic) bond motifs is 1. The number of hydrogen-bond donors (Lipinski definition) is 0.